The van der Waals surface area contributed by atoms with E-state index in [0.717, 1.165) is 23.7 Å². The van der Waals surface area contributed by atoms with Gasteiger partial charge in [-0.25, -0.2) is 0 Å². The molecular weight excluding hydrogens is 336 g/mol. The molecule has 0 saturated carbocycles. The van der Waals surface area contributed by atoms with Crippen molar-refractivity contribution < 1.29 is 9.53 Å². The van der Waals surface area contributed by atoms with Gasteiger partial charge >= 0.3 is 0 Å². The van der Waals surface area contributed by atoms with E-state index in [1.807, 2.05) is 54.6 Å². The average Bonchev–Trinajstić information content (AvgIpc) is 2.68. The van der Waals surface area contributed by atoms with Crippen LogP contribution in [0.4, 0.5) is 11.4 Å². The Kier molecular flexibility index (Phi) is 6.47. The number of carbonyl (C=O) groups excluding carboxylic acids is 1. The Bertz CT molecular complexity index is 861. The number of para-hydroxylation sites is 1. The van der Waals surface area contributed by atoms with Crippen molar-refractivity contribution in [3.8, 4) is 5.75 Å². The molecule has 0 fully saturated rings. The molecule has 2 N–H and O–H groups in total. The normalized spacial score (nSPS) is 10.3. The summed E-state index contributed by atoms with van der Waals surface area (Å²) in [5.74, 6) is 0.709. The lowest BCUT2D eigenvalue weighted by molar-refractivity contribution is -0.116. The number of nitrogens with one attached hydrogen (secondary N) is 2. The van der Waals surface area contributed by atoms with E-state index in [4.69, 9.17) is 4.74 Å². The minimum Gasteiger partial charge on any atom is -0.493 e. The molecule has 3 rings (SSSR count). The van der Waals surface area contributed by atoms with Gasteiger partial charge in [0.25, 0.3) is 0 Å². The minimum absolute atomic E-state index is 0.0635. The molecule has 0 aromatic heterocycles. The van der Waals surface area contributed by atoms with Crippen molar-refractivity contribution in [1.29, 1.82) is 0 Å². The average molecular weight is 360 g/mol. The summed E-state index contributed by atoms with van der Waals surface area (Å²) < 4.78 is 5.54. The van der Waals surface area contributed by atoms with Crippen molar-refractivity contribution in [3.05, 3.63) is 90.0 Å². The van der Waals surface area contributed by atoms with E-state index < -0.39 is 0 Å². The van der Waals surface area contributed by atoms with Crippen LogP contribution in [-0.4, -0.2) is 12.5 Å². The third kappa shape index (κ3) is 6.19. The Hall–Kier alpha value is -3.27. The third-order valence-corrected chi connectivity index (χ3v) is 4.09. The van der Waals surface area contributed by atoms with Gasteiger partial charge in [0, 0.05) is 17.9 Å². The number of amides is 1. The van der Waals surface area contributed by atoms with Gasteiger partial charge in [-0.1, -0.05) is 48.0 Å². The summed E-state index contributed by atoms with van der Waals surface area (Å²) >= 11 is 0. The highest BCUT2D eigenvalue weighted by Gasteiger charge is 2.03. The molecule has 4 nitrogen and oxygen atoms in total. The standard InChI is InChI=1S/C23H24N2O2/c1-18-6-5-7-19(16-18)17-24-20-10-12-21(13-11-20)25-23(26)14-15-27-22-8-3-2-4-9-22/h2-13,16,24H,14-15,17H2,1H3,(H,25,26). The van der Waals surface area contributed by atoms with Gasteiger partial charge in [-0.15, -0.1) is 0 Å². The number of hydrogen-bond donors (Lipinski definition) is 2. The quantitative estimate of drug-likeness (QED) is 0.593. The van der Waals surface area contributed by atoms with E-state index in [-0.39, 0.29) is 5.91 Å². The van der Waals surface area contributed by atoms with Gasteiger partial charge in [0.15, 0.2) is 0 Å². The lowest BCUT2D eigenvalue weighted by Gasteiger charge is -2.10. The summed E-state index contributed by atoms with van der Waals surface area (Å²) in [5, 5.41) is 6.28. The van der Waals surface area contributed by atoms with Crippen molar-refractivity contribution in [2.45, 2.75) is 19.9 Å². The second-order valence-corrected chi connectivity index (χ2v) is 6.38. The fourth-order valence-electron chi connectivity index (χ4n) is 2.70. The highest BCUT2D eigenvalue weighted by molar-refractivity contribution is 5.90. The number of carbonyl (C=O) groups is 1. The SMILES string of the molecule is Cc1cccc(CNc2ccc(NC(=O)CCOc3ccccc3)cc2)c1. The van der Waals surface area contributed by atoms with Gasteiger partial charge in [-0.3, -0.25) is 4.79 Å². The van der Waals surface area contributed by atoms with Crippen molar-refractivity contribution in [2.24, 2.45) is 0 Å². The molecule has 0 heterocycles. The van der Waals surface area contributed by atoms with Crippen molar-refractivity contribution in [2.75, 3.05) is 17.2 Å². The van der Waals surface area contributed by atoms with Crippen LogP contribution < -0.4 is 15.4 Å². The molecular formula is C23H24N2O2. The Balaban J connectivity index is 1.42. The maximum absolute atomic E-state index is 12.0. The number of anilines is 2. The molecule has 0 saturated heterocycles. The predicted molar refractivity (Wildman–Crippen MR) is 110 cm³/mol. The van der Waals surface area contributed by atoms with Gasteiger partial charge in [0.05, 0.1) is 13.0 Å². The molecule has 1 amide bonds. The van der Waals surface area contributed by atoms with Gasteiger partial charge in [0.1, 0.15) is 5.75 Å². The summed E-state index contributed by atoms with van der Waals surface area (Å²) in [6, 6.07) is 25.6. The fraction of sp³-hybridized carbons (Fsp3) is 0.174. The first-order chi connectivity index (χ1) is 13.2. The van der Waals surface area contributed by atoms with Crippen LogP contribution in [0.2, 0.25) is 0 Å². The van der Waals surface area contributed by atoms with Crippen LogP contribution in [0.3, 0.4) is 0 Å². The highest BCUT2D eigenvalue weighted by Crippen LogP contribution is 2.15. The zero-order chi connectivity index (χ0) is 18.9. The highest BCUT2D eigenvalue weighted by atomic mass is 16.5. The van der Waals surface area contributed by atoms with E-state index in [0.29, 0.717) is 13.0 Å². The molecule has 0 spiro atoms. The monoisotopic (exact) mass is 360 g/mol. The summed E-state index contributed by atoms with van der Waals surface area (Å²) in [5.41, 5.74) is 4.29. The molecule has 0 aliphatic carbocycles. The van der Waals surface area contributed by atoms with Gasteiger partial charge in [-0.05, 0) is 48.9 Å². The molecule has 4 heteroatoms. The maximum Gasteiger partial charge on any atom is 0.227 e. The largest absolute Gasteiger partial charge is 0.493 e. The number of hydrogen-bond acceptors (Lipinski definition) is 3. The summed E-state index contributed by atoms with van der Waals surface area (Å²) in [4.78, 5) is 12.0. The minimum atomic E-state index is -0.0635. The maximum atomic E-state index is 12.0. The van der Waals surface area contributed by atoms with Crippen LogP contribution in [0.1, 0.15) is 17.5 Å². The van der Waals surface area contributed by atoms with E-state index in [1.54, 1.807) is 0 Å². The van der Waals surface area contributed by atoms with E-state index in [2.05, 4.69) is 41.8 Å². The van der Waals surface area contributed by atoms with Crippen molar-refractivity contribution in [3.63, 3.8) is 0 Å². The second-order valence-electron chi connectivity index (χ2n) is 6.38. The zero-order valence-corrected chi connectivity index (χ0v) is 15.4. The van der Waals surface area contributed by atoms with Crippen LogP contribution in [0.25, 0.3) is 0 Å². The number of benzene rings is 3. The molecule has 0 radical (unpaired) electrons. The molecule has 3 aromatic carbocycles. The van der Waals surface area contributed by atoms with Crippen LogP contribution in [0.5, 0.6) is 5.75 Å². The van der Waals surface area contributed by atoms with Gasteiger partial charge in [-0.2, -0.15) is 0 Å². The second kappa shape index (κ2) is 9.43. The first kappa shape index (κ1) is 18.5. The smallest absolute Gasteiger partial charge is 0.227 e. The van der Waals surface area contributed by atoms with Crippen LogP contribution in [0.15, 0.2) is 78.9 Å². The molecule has 0 aliphatic heterocycles. The summed E-state index contributed by atoms with van der Waals surface area (Å²) in [7, 11) is 0. The van der Waals surface area contributed by atoms with Gasteiger partial charge in [0.2, 0.25) is 5.91 Å². The molecule has 0 aliphatic rings. The Morgan fingerprint density at radius 2 is 1.63 bits per heavy atom. The first-order valence-electron chi connectivity index (χ1n) is 9.06. The summed E-state index contributed by atoms with van der Waals surface area (Å²) in [6.45, 7) is 3.21. The molecule has 0 bridgehead atoms. The number of rotatable bonds is 8. The Labute approximate surface area is 160 Å². The van der Waals surface area contributed by atoms with Crippen LogP contribution in [-0.2, 0) is 11.3 Å². The Morgan fingerprint density at radius 1 is 0.889 bits per heavy atom. The lowest BCUT2D eigenvalue weighted by atomic mass is 10.1. The van der Waals surface area contributed by atoms with Crippen LogP contribution in [0, 0.1) is 6.92 Å². The van der Waals surface area contributed by atoms with Gasteiger partial charge < -0.3 is 15.4 Å². The van der Waals surface area contributed by atoms with Crippen molar-refractivity contribution >= 4 is 17.3 Å². The fourth-order valence-corrected chi connectivity index (χ4v) is 2.70. The topological polar surface area (TPSA) is 50.4 Å². The third-order valence-electron chi connectivity index (χ3n) is 4.09. The zero-order valence-electron chi connectivity index (χ0n) is 15.4. The van der Waals surface area contributed by atoms with Crippen molar-refractivity contribution in [1.82, 2.24) is 0 Å². The van der Waals surface area contributed by atoms with E-state index in [9.17, 15) is 4.79 Å². The summed E-state index contributed by atoms with van der Waals surface area (Å²) in [6.07, 6.45) is 0.308. The number of aryl methyl sites for hydroxylation is 1. The van der Waals surface area contributed by atoms with E-state index >= 15 is 0 Å². The van der Waals surface area contributed by atoms with Crippen LogP contribution >= 0.6 is 0 Å². The molecule has 0 unspecified atom stereocenters. The predicted octanol–water partition coefficient (Wildman–Crippen LogP) is 5.01. The molecule has 3 aromatic rings. The van der Waals surface area contributed by atoms with E-state index in [1.165, 1.54) is 11.1 Å². The molecule has 0 atom stereocenters. The number of ether oxygens (including phenoxy) is 1. The first-order valence-corrected chi connectivity index (χ1v) is 9.06. The Morgan fingerprint density at radius 3 is 2.37 bits per heavy atom. The molecule has 138 valence electrons. The molecule has 27 heavy (non-hydrogen) atoms. The lowest BCUT2D eigenvalue weighted by Crippen LogP contribution is -2.15.